The molecule has 0 saturated carbocycles. The number of carbonyl (C=O) groups excluding carboxylic acids is 2. The minimum Gasteiger partial charge on any atom is -0.483 e. The summed E-state index contributed by atoms with van der Waals surface area (Å²) in [6.45, 7) is -0.256. The van der Waals surface area contributed by atoms with E-state index in [0.29, 0.717) is 11.3 Å². The van der Waals surface area contributed by atoms with Crippen LogP contribution >= 0.6 is 0 Å². The van der Waals surface area contributed by atoms with E-state index >= 15 is 0 Å². The zero-order valence-electron chi connectivity index (χ0n) is 16.6. The third kappa shape index (κ3) is 4.82. The second-order valence-electron chi connectivity index (χ2n) is 6.68. The van der Waals surface area contributed by atoms with E-state index in [-0.39, 0.29) is 12.4 Å². The van der Waals surface area contributed by atoms with Gasteiger partial charge >= 0.3 is 5.91 Å². The molecule has 1 heterocycles. The fourth-order valence-electron chi connectivity index (χ4n) is 3.14. The van der Waals surface area contributed by atoms with Crippen molar-refractivity contribution in [3.8, 4) is 28.0 Å². The summed E-state index contributed by atoms with van der Waals surface area (Å²) in [4.78, 5) is 24.7. The first-order valence-electron chi connectivity index (χ1n) is 9.72. The predicted molar refractivity (Wildman–Crippen MR) is 117 cm³/mol. The van der Waals surface area contributed by atoms with Gasteiger partial charge < -0.3 is 9.15 Å². The highest BCUT2D eigenvalue weighted by Gasteiger charge is 2.17. The van der Waals surface area contributed by atoms with Crippen molar-refractivity contribution >= 4 is 11.8 Å². The lowest BCUT2D eigenvalue weighted by atomic mass is 10.1. The number of nitrogens with one attached hydrogen (secondary N) is 2. The maximum Gasteiger partial charge on any atom is 0.306 e. The van der Waals surface area contributed by atoms with Crippen LogP contribution in [-0.4, -0.2) is 18.4 Å². The number of rotatable bonds is 6. The van der Waals surface area contributed by atoms with E-state index in [9.17, 15) is 9.59 Å². The Labute approximate surface area is 179 Å². The Hall–Kier alpha value is -4.32. The topological polar surface area (TPSA) is 80.6 Å². The van der Waals surface area contributed by atoms with Crippen LogP contribution < -0.4 is 15.6 Å². The summed E-state index contributed by atoms with van der Waals surface area (Å²) in [5.41, 5.74) is 8.06. The van der Waals surface area contributed by atoms with E-state index < -0.39 is 11.8 Å². The molecule has 2 N–H and O–H groups in total. The molecule has 4 aromatic rings. The van der Waals surface area contributed by atoms with Gasteiger partial charge in [-0.1, -0.05) is 78.9 Å². The van der Waals surface area contributed by atoms with Crippen molar-refractivity contribution in [2.45, 2.75) is 0 Å². The van der Waals surface area contributed by atoms with Gasteiger partial charge in [-0.3, -0.25) is 20.4 Å². The summed E-state index contributed by atoms with van der Waals surface area (Å²) in [5.74, 6) is -0.361. The van der Waals surface area contributed by atoms with Gasteiger partial charge in [0.25, 0.3) is 5.91 Å². The second-order valence-corrected chi connectivity index (χ2v) is 6.68. The molecular formula is C25H20N2O4. The van der Waals surface area contributed by atoms with Gasteiger partial charge in [-0.25, -0.2) is 0 Å². The van der Waals surface area contributed by atoms with Crippen LogP contribution in [0.5, 0.6) is 5.75 Å². The Morgan fingerprint density at radius 2 is 1.32 bits per heavy atom. The van der Waals surface area contributed by atoms with Gasteiger partial charge in [-0.05, 0) is 23.3 Å². The van der Waals surface area contributed by atoms with Crippen LogP contribution in [0.1, 0.15) is 10.6 Å². The van der Waals surface area contributed by atoms with Crippen LogP contribution in [0, 0.1) is 0 Å². The molecule has 0 aliphatic carbocycles. The van der Waals surface area contributed by atoms with Gasteiger partial charge in [0.2, 0.25) is 5.76 Å². The molecular weight excluding hydrogens is 392 g/mol. The minimum absolute atomic E-state index is 0.113. The molecule has 154 valence electrons. The fourth-order valence-corrected chi connectivity index (χ4v) is 3.14. The maximum atomic E-state index is 12.5. The van der Waals surface area contributed by atoms with E-state index in [4.69, 9.17) is 9.15 Å². The zero-order chi connectivity index (χ0) is 21.5. The van der Waals surface area contributed by atoms with Gasteiger partial charge in [0, 0.05) is 11.1 Å². The molecule has 0 spiro atoms. The molecule has 0 bridgehead atoms. The lowest BCUT2D eigenvalue weighted by molar-refractivity contribution is -0.123. The molecule has 6 nitrogen and oxygen atoms in total. The molecule has 3 aromatic carbocycles. The van der Waals surface area contributed by atoms with Crippen molar-refractivity contribution in [2.24, 2.45) is 0 Å². The van der Waals surface area contributed by atoms with E-state index in [2.05, 4.69) is 10.9 Å². The van der Waals surface area contributed by atoms with Gasteiger partial charge in [0.05, 0.1) is 6.26 Å². The van der Waals surface area contributed by atoms with Crippen molar-refractivity contribution in [1.29, 1.82) is 0 Å². The molecule has 0 atom stereocenters. The van der Waals surface area contributed by atoms with E-state index in [1.165, 1.54) is 6.26 Å². The number of amides is 2. The fraction of sp³-hybridized carbons (Fsp3) is 0.0400. The largest absolute Gasteiger partial charge is 0.483 e. The van der Waals surface area contributed by atoms with Crippen molar-refractivity contribution in [2.75, 3.05) is 6.61 Å². The first-order chi connectivity index (χ1) is 15.2. The summed E-state index contributed by atoms with van der Waals surface area (Å²) < 4.78 is 11.0. The highest BCUT2D eigenvalue weighted by atomic mass is 16.5. The summed E-state index contributed by atoms with van der Waals surface area (Å²) in [7, 11) is 0. The number of ether oxygens (including phenoxy) is 1. The summed E-state index contributed by atoms with van der Waals surface area (Å²) >= 11 is 0. The maximum absolute atomic E-state index is 12.5. The molecule has 0 aliphatic rings. The molecule has 0 radical (unpaired) electrons. The Morgan fingerprint density at radius 1 is 0.710 bits per heavy atom. The second kappa shape index (κ2) is 9.45. The molecule has 31 heavy (non-hydrogen) atoms. The first-order valence-corrected chi connectivity index (χ1v) is 9.72. The molecule has 0 saturated heterocycles. The average molecular weight is 412 g/mol. The molecule has 2 amide bonds. The van der Waals surface area contributed by atoms with Crippen LogP contribution in [0.4, 0.5) is 0 Å². The highest BCUT2D eigenvalue weighted by Crippen LogP contribution is 2.29. The Morgan fingerprint density at radius 3 is 2.03 bits per heavy atom. The predicted octanol–water partition coefficient (Wildman–Crippen LogP) is 4.45. The van der Waals surface area contributed by atoms with Crippen LogP contribution in [0.15, 0.2) is 102 Å². The number of furan rings is 1. The number of para-hydroxylation sites is 1. The van der Waals surface area contributed by atoms with Crippen molar-refractivity contribution in [1.82, 2.24) is 10.9 Å². The van der Waals surface area contributed by atoms with Crippen LogP contribution in [0.25, 0.3) is 22.3 Å². The summed E-state index contributed by atoms with van der Waals surface area (Å²) in [5, 5.41) is 0. The van der Waals surface area contributed by atoms with Gasteiger partial charge in [-0.2, -0.15) is 0 Å². The zero-order valence-corrected chi connectivity index (χ0v) is 16.6. The smallest absolute Gasteiger partial charge is 0.306 e. The summed E-state index contributed by atoms with van der Waals surface area (Å²) in [6, 6.07) is 28.3. The molecule has 0 aliphatic heterocycles. The number of carbonyl (C=O) groups is 2. The third-order valence-corrected chi connectivity index (χ3v) is 4.60. The van der Waals surface area contributed by atoms with Crippen LogP contribution in [0.2, 0.25) is 0 Å². The molecule has 1 aromatic heterocycles. The van der Waals surface area contributed by atoms with Crippen LogP contribution in [-0.2, 0) is 4.79 Å². The minimum atomic E-state index is -0.554. The van der Waals surface area contributed by atoms with Gasteiger partial charge in [0.1, 0.15) is 5.75 Å². The number of hydrogen-bond acceptors (Lipinski definition) is 4. The Kier molecular flexibility index (Phi) is 6.09. The lowest BCUT2D eigenvalue weighted by Gasteiger charge is -2.12. The molecule has 0 unspecified atom stereocenters. The molecule has 6 heteroatoms. The van der Waals surface area contributed by atoms with Gasteiger partial charge in [-0.15, -0.1) is 0 Å². The number of benzene rings is 3. The monoisotopic (exact) mass is 412 g/mol. The Bertz CT molecular complexity index is 1170. The normalized spacial score (nSPS) is 10.3. The van der Waals surface area contributed by atoms with E-state index in [0.717, 1.165) is 16.7 Å². The van der Waals surface area contributed by atoms with Crippen LogP contribution in [0.3, 0.4) is 0 Å². The number of hydrogen-bond donors (Lipinski definition) is 2. The highest BCUT2D eigenvalue weighted by molar-refractivity contribution is 5.99. The average Bonchev–Trinajstić information content (AvgIpc) is 3.33. The lowest BCUT2D eigenvalue weighted by Crippen LogP contribution is -2.43. The van der Waals surface area contributed by atoms with Crippen molar-refractivity contribution in [3.05, 3.63) is 103 Å². The van der Waals surface area contributed by atoms with Gasteiger partial charge in [0.15, 0.2) is 6.61 Å². The van der Waals surface area contributed by atoms with Crippen molar-refractivity contribution < 1.29 is 18.7 Å². The third-order valence-electron chi connectivity index (χ3n) is 4.60. The Balaban J connectivity index is 1.35. The van der Waals surface area contributed by atoms with E-state index in [1.807, 2.05) is 78.9 Å². The molecule has 0 fully saturated rings. The molecule has 4 rings (SSSR count). The first kappa shape index (κ1) is 20.0. The SMILES string of the molecule is O=C(COc1ccccc1-c1ccccc1)NNC(=O)c1occc1-c1ccccc1. The quantitative estimate of drug-likeness (QED) is 0.459. The van der Waals surface area contributed by atoms with E-state index in [1.54, 1.807) is 12.1 Å². The number of hydrazine groups is 1. The van der Waals surface area contributed by atoms with Crippen molar-refractivity contribution in [3.63, 3.8) is 0 Å². The summed E-state index contributed by atoms with van der Waals surface area (Å²) in [6.07, 6.45) is 1.43. The standard InChI is InChI=1S/C25H20N2O4/c28-23(17-31-22-14-8-7-13-20(22)18-9-3-1-4-10-18)26-27-25(29)24-21(15-16-30-24)19-11-5-2-6-12-19/h1-16H,17H2,(H,26,28)(H,27,29).